The molecule has 0 saturated carbocycles. The number of nitrogens with zero attached hydrogens (tertiary/aromatic N) is 3. The Balaban J connectivity index is 1.83. The van der Waals surface area contributed by atoms with Gasteiger partial charge in [-0.2, -0.15) is 14.9 Å². The number of methoxy groups -OCH3 is 1. The third kappa shape index (κ3) is 2.65. The number of aromatic nitrogens is 4. The maximum absolute atomic E-state index is 12.3. The van der Waals surface area contributed by atoms with E-state index in [0.29, 0.717) is 18.1 Å². The molecule has 2 N–H and O–H groups in total. The molecule has 8 heteroatoms. The van der Waals surface area contributed by atoms with E-state index in [0.717, 1.165) is 22.6 Å². The first kappa shape index (κ1) is 16.1. The number of amides is 1. The van der Waals surface area contributed by atoms with Gasteiger partial charge in [-0.1, -0.05) is 12.1 Å². The zero-order valence-electron chi connectivity index (χ0n) is 14.3. The van der Waals surface area contributed by atoms with Gasteiger partial charge in [0.15, 0.2) is 5.82 Å². The molecule has 0 aliphatic carbocycles. The fraction of sp³-hybridized carbons (Fsp3) is 0.222. The normalized spacial score (nSPS) is 16.1. The maximum atomic E-state index is 12.3. The van der Waals surface area contributed by atoms with Crippen molar-refractivity contribution in [3.05, 3.63) is 63.6 Å². The fourth-order valence-electron chi connectivity index (χ4n) is 3.29. The van der Waals surface area contributed by atoms with Crippen molar-refractivity contribution >= 4 is 11.7 Å². The average Bonchev–Trinajstić information content (AvgIpc) is 2.98. The molecular weight excluding hydrogens is 334 g/mol. The van der Waals surface area contributed by atoms with Crippen LogP contribution in [0.15, 0.2) is 41.2 Å². The number of aromatic amines is 1. The van der Waals surface area contributed by atoms with Crippen molar-refractivity contribution in [1.29, 1.82) is 0 Å². The molecule has 1 aromatic carbocycles. The number of nitrogens with one attached hydrogen (secondary N) is 2. The lowest BCUT2D eigenvalue weighted by Crippen LogP contribution is -2.25. The molecule has 8 nitrogen and oxygen atoms in total. The van der Waals surface area contributed by atoms with Gasteiger partial charge in [-0.15, -0.1) is 0 Å². The van der Waals surface area contributed by atoms with Crippen LogP contribution in [0.1, 0.15) is 29.2 Å². The quantitative estimate of drug-likeness (QED) is 0.748. The highest BCUT2D eigenvalue weighted by atomic mass is 16.5. The highest BCUT2D eigenvalue weighted by Gasteiger charge is 2.32. The van der Waals surface area contributed by atoms with E-state index in [2.05, 4.69) is 20.6 Å². The summed E-state index contributed by atoms with van der Waals surface area (Å²) in [5.74, 6) is 1.58. The summed E-state index contributed by atoms with van der Waals surface area (Å²) >= 11 is 0. The van der Waals surface area contributed by atoms with Gasteiger partial charge in [-0.25, -0.2) is 5.10 Å². The molecule has 4 rings (SSSR count). The molecule has 26 heavy (non-hydrogen) atoms. The summed E-state index contributed by atoms with van der Waals surface area (Å²) in [4.78, 5) is 23.6. The predicted molar refractivity (Wildman–Crippen MR) is 94.8 cm³/mol. The number of ether oxygens (including phenoxy) is 1. The van der Waals surface area contributed by atoms with Gasteiger partial charge in [0.2, 0.25) is 5.91 Å². The molecule has 1 atom stereocenters. The van der Waals surface area contributed by atoms with Crippen LogP contribution in [0.3, 0.4) is 0 Å². The van der Waals surface area contributed by atoms with E-state index >= 15 is 0 Å². The molecule has 1 aliphatic heterocycles. The molecule has 2 aromatic heterocycles. The number of aryl methyl sites for hydroxylation is 1. The van der Waals surface area contributed by atoms with E-state index in [1.165, 1.54) is 6.07 Å². The standard InChI is InChI=1S/C18H17N5O3/c1-10-17-13(11-3-5-12(26-2)6-4-11)9-16(25)19-18(17)23(22-10)14-7-8-15(24)21-20-14/h3-8,13H,9H2,1-2H3,(H,19,25)(H,21,24)/t13-/m1/s1. The van der Waals surface area contributed by atoms with Crippen molar-refractivity contribution in [1.82, 2.24) is 20.0 Å². The Hall–Kier alpha value is -3.42. The predicted octanol–water partition coefficient (Wildman–Crippen LogP) is 1.75. The first-order valence-electron chi connectivity index (χ1n) is 8.16. The van der Waals surface area contributed by atoms with Crippen molar-refractivity contribution in [3.63, 3.8) is 0 Å². The van der Waals surface area contributed by atoms with Gasteiger partial charge in [0.05, 0.1) is 12.8 Å². The first-order valence-corrected chi connectivity index (χ1v) is 8.16. The summed E-state index contributed by atoms with van der Waals surface area (Å²) in [6, 6.07) is 10.6. The molecule has 0 saturated heterocycles. The van der Waals surface area contributed by atoms with Crippen LogP contribution in [0.5, 0.6) is 5.75 Å². The van der Waals surface area contributed by atoms with Gasteiger partial charge in [0.1, 0.15) is 11.6 Å². The van der Waals surface area contributed by atoms with Gasteiger partial charge in [-0.3, -0.25) is 9.59 Å². The van der Waals surface area contributed by atoms with Crippen molar-refractivity contribution in [2.75, 3.05) is 12.4 Å². The average molecular weight is 351 g/mol. The Morgan fingerprint density at radius 1 is 1.15 bits per heavy atom. The Bertz CT molecular complexity index is 1020. The lowest BCUT2D eigenvalue weighted by molar-refractivity contribution is -0.116. The van der Waals surface area contributed by atoms with Crippen LogP contribution in [0, 0.1) is 6.92 Å². The molecule has 0 fully saturated rings. The van der Waals surface area contributed by atoms with Gasteiger partial charge in [-0.05, 0) is 30.7 Å². The zero-order valence-corrected chi connectivity index (χ0v) is 14.3. The Morgan fingerprint density at radius 3 is 2.58 bits per heavy atom. The van der Waals surface area contributed by atoms with E-state index in [1.54, 1.807) is 17.9 Å². The molecular formula is C18H17N5O3. The SMILES string of the molecule is COc1ccc([C@H]2CC(=O)Nc3c2c(C)nn3-c2ccc(=O)[nH]n2)cc1. The zero-order chi connectivity index (χ0) is 18.3. The molecule has 0 bridgehead atoms. The summed E-state index contributed by atoms with van der Waals surface area (Å²) in [5.41, 5.74) is 2.46. The lowest BCUT2D eigenvalue weighted by Gasteiger charge is -2.24. The fourth-order valence-corrected chi connectivity index (χ4v) is 3.29. The molecule has 3 heterocycles. The third-order valence-electron chi connectivity index (χ3n) is 4.50. The number of H-pyrrole nitrogens is 1. The van der Waals surface area contributed by atoms with Crippen LogP contribution >= 0.6 is 0 Å². The van der Waals surface area contributed by atoms with Gasteiger partial charge < -0.3 is 10.1 Å². The number of benzene rings is 1. The van der Waals surface area contributed by atoms with E-state index in [1.807, 2.05) is 31.2 Å². The second-order valence-electron chi connectivity index (χ2n) is 6.12. The molecule has 3 aromatic rings. The van der Waals surface area contributed by atoms with Crippen molar-refractivity contribution in [3.8, 4) is 11.6 Å². The second-order valence-corrected chi connectivity index (χ2v) is 6.12. The molecule has 0 unspecified atom stereocenters. The van der Waals surface area contributed by atoms with Crippen molar-refractivity contribution < 1.29 is 9.53 Å². The molecule has 1 amide bonds. The van der Waals surface area contributed by atoms with Crippen LogP contribution < -0.4 is 15.6 Å². The summed E-state index contributed by atoms with van der Waals surface area (Å²) in [6.45, 7) is 1.90. The number of carbonyl (C=O) groups is 1. The topological polar surface area (TPSA) is 102 Å². The van der Waals surface area contributed by atoms with Crippen LogP contribution in [0.2, 0.25) is 0 Å². The van der Waals surface area contributed by atoms with E-state index in [-0.39, 0.29) is 17.4 Å². The van der Waals surface area contributed by atoms with Gasteiger partial charge in [0.25, 0.3) is 5.56 Å². The molecule has 1 aliphatic rings. The first-order chi connectivity index (χ1) is 12.6. The minimum atomic E-state index is -0.299. The molecule has 132 valence electrons. The smallest absolute Gasteiger partial charge is 0.264 e. The summed E-state index contributed by atoms with van der Waals surface area (Å²) < 4.78 is 6.76. The number of rotatable bonds is 3. The second kappa shape index (κ2) is 6.14. The van der Waals surface area contributed by atoms with E-state index < -0.39 is 0 Å². The van der Waals surface area contributed by atoms with Crippen LogP contribution in [0.25, 0.3) is 5.82 Å². The van der Waals surface area contributed by atoms with Crippen molar-refractivity contribution in [2.45, 2.75) is 19.3 Å². The lowest BCUT2D eigenvalue weighted by atomic mass is 9.86. The highest BCUT2D eigenvalue weighted by molar-refractivity contribution is 5.95. The monoisotopic (exact) mass is 351 g/mol. The molecule has 0 spiro atoms. The number of carbonyl (C=O) groups excluding carboxylic acids is 1. The van der Waals surface area contributed by atoms with Gasteiger partial charge in [0, 0.05) is 24.0 Å². The van der Waals surface area contributed by atoms with Crippen LogP contribution in [-0.2, 0) is 4.79 Å². The Morgan fingerprint density at radius 2 is 1.92 bits per heavy atom. The Kier molecular flexibility index (Phi) is 3.80. The van der Waals surface area contributed by atoms with E-state index in [9.17, 15) is 9.59 Å². The van der Waals surface area contributed by atoms with Crippen molar-refractivity contribution in [2.24, 2.45) is 0 Å². The van der Waals surface area contributed by atoms with Gasteiger partial charge >= 0.3 is 0 Å². The largest absolute Gasteiger partial charge is 0.497 e. The van der Waals surface area contributed by atoms with E-state index in [4.69, 9.17) is 4.74 Å². The summed E-state index contributed by atoms with van der Waals surface area (Å²) in [7, 11) is 1.62. The van der Waals surface area contributed by atoms with Crippen LogP contribution in [0.4, 0.5) is 5.82 Å². The minimum absolute atomic E-state index is 0.0936. The third-order valence-corrected chi connectivity index (χ3v) is 4.50. The highest BCUT2D eigenvalue weighted by Crippen LogP contribution is 2.40. The summed E-state index contributed by atoms with van der Waals surface area (Å²) in [5, 5.41) is 13.8. The maximum Gasteiger partial charge on any atom is 0.264 e. The number of fused-ring (bicyclic) bond motifs is 1. The number of hydrogen-bond donors (Lipinski definition) is 2. The van der Waals surface area contributed by atoms with Crippen LogP contribution in [-0.4, -0.2) is 33.0 Å². The summed E-state index contributed by atoms with van der Waals surface area (Å²) in [6.07, 6.45) is 0.338. The minimum Gasteiger partial charge on any atom is -0.497 e. The number of hydrogen-bond acceptors (Lipinski definition) is 5. The Labute approximate surface area is 148 Å². The number of anilines is 1. The molecule has 0 radical (unpaired) electrons.